The number of hydrogen-bond donors (Lipinski definition) is 1. The number of thioether (sulfide) groups is 1. The maximum Gasteiger partial charge on any atom is 0.236 e. The molecule has 15 heavy (non-hydrogen) atoms. The highest BCUT2D eigenvalue weighted by Crippen LogP contribution is 2.26. The second-order valence-corrected chi connectivity index (χ2v) is 3.80. The number of nitrogens with zero attached hydrogens (tertiary/aromatic N) is 1. The molecule has 0 aliphatic carbocycles. The summed E-state index contributed by atoms with van der Waals surface area (Å²) in [5.41, 5.74) is 5.98. The Balaban J connectivity index is 0.00000196. The zero-order chi connectivity index (χ0) is 10.4. The average molecular weight is 245 g/mol. The van der Waals surface area contributed by atoms with Crippen LogP contribution in [0.1, 0.15) is 10.9 Å². The molecule has 0 saturated heterocycles. The number of primary amides is 1. The first kappa shape index (κ1) is 14.0. The highest BCUT2D eigenvalue weighted by molar-refractivity contribution is 8.00. The highest BCUT2D eigenvalue weighted by Gasteiger charge is 2.18. The Morgan fingerprint density at radius 1 is 1.67 bits per heavy atom. The summed E-state index contributed by atoms with van der Waals surface area (Å²) in [4.78, 5) is 15.2. The third-order valence-electron chi connectivity index (χ3n) is 1.60. The van der Waals surface area contributed by atoms with Crippen LogP contribution in [0.5, 0.6) is 0 Å². The number of aromatic nitrogens is 1. The molecular formula is C10H13ClN2OS. The molecule has 0 aromatic carbocycles. The molecule has 1 amide bonds. The van der Waals surface area contributed by atoms with E-state index in [2.05, 4.69) is 11.6 Å². The Morgan fingerprint density at radius 2 is 2.40 bits per heavy atom. The van der Waals surface area contributed by atoms with Crippen molar-refractivity contribution in [3.05, 3.63) is 42.7 Å². The van der Waals surface area contributed by atoms with E-state index in [0.29, 0.717) is 11.4 Å². The van der Waals surface area contributed by atoms with Crippen LogP contribution in [0.2, 0.25) is 0 Å². The predicted octanol–water partition coefficient (Wildman–Crippen LogP) is 1.95. The van der Waals surface area contributed by atoms with E-state index in [0.717, 1.165) is 0 Å². The first-order valence-electron chi connectivity index (χ1n) is 4.18. The van der Waals surface area contributed by atoms with E-state index < -0.39 is 0 Å². The van der Waals surface area contributed by atoms with Gasteiger partial charge in [0.2, 0.25) is 5.91 Å². The van der Waals surface area contributed by atoms with Crippen LogP contribution >= 0.6 is 24.2 Å². The van der Waals surface area contributed by atoms with E-state index in [1.54, 1.807) is 24.4 Å². The number of pyridine rings is 1. The standard InChI is InChI=1S/C10H12N2OS.ClH/c1-2-7-14-9(10(11)13)8-5-3-4-6-12-8;/h2-6,9H,1,7H2,(H2,11,13);1H. The fourth-order valence-electron chi connectivity index (χ4n) is 1.01. The van der Waals surface area contributed by atoms with Crippen molar-refractivity contribution in [2.75, 3.05) is 5.75 Å². The summed E-state index contributed by atoms with van der Waals surface area (Å²) in [5.74, 6) is 0.319. The predicted molar refractivity (Wildman–Crippen MR) is 66.1 cm³/mol. The van der Waals surface area contributed by atoms with Crippen molar-refractivity contribution in [1.29, 1.82) is 0 Å². The maximum atomic E-state index is 11.1. The molecule has 0 radical (unpaired) electrons. The Kier molecular flexibility index (Phi) is 6.83. The molecule has 0 aliphatic rings. The topological polar surface area (TPSA) is 56.0 Å². The lowest BCUT2D eigenvalue weighted by Crippen LogP contribution is -2.19. The summed E-state index contributed by atoms with van der Waals surface area (Å²) in [6.45, 7) is 3.59. The molecule has 1 aromatic rings. The monoisotopic (exact) mass is 244 g/mol. The first-order chi connectivity index (χ1) is 6.75. The Labute approximate surface area is 99.6 Å². The maximum absolute atomic E-state index is 11.1. The van der Waals surface area contributed by atoms with Crippen molar-refractivity contribution in [1.82, 2.24) is 4.98 Å². The van der Waals surface area contributed by atoms with Gasteiger partial charge in [-0.15, -0.1) is 30.7 Å². The van der Waals surface area contributed by atoms with E-state index >= 15 is 0 Å². The summed E-state index contributed by atoms with van der Waals surface area (Å²) < 4.78 is 0. The number of nitrogens with two attached hydrogens (primary N) is 1. The molecule has 2 N–H and O–H groups in total. The summed E-state index contributed by atoms with van der Waals surface area (Å²) in [5, 5.41) is -0.380. The number of halogens is 1. The van der Waals surface area contributed by atoms with Gasteiger partial charge in [0, 0.05) is 11.9 Å². The van der Waals surface area contributed by atoms with Crippen LogP contribution in [-0.2, 0) is 4.79 Å². The fraction of sp³-hybridized carbons (Fsp3) is 0.200. The molecule has 0 spiro atoms. The minimum atomic E-state index is -0.380. The van der Waals surface area contributed by atoms with Crippen LogP contribution in [0.4, 0.5) is 0 Å². The molecule has 5 heteroatoms. The SMILES string of the molecule is C=CCSC(C(N)=O)c1ccccn1.Cl. The van der Waals surface area contributed by atoms with E-state index in [4.69, 9.17) is 5.73 Å². The van der Waals surface area contributed by atoms with Gasteiger partial charge in [-0.1, -0.05) is 12.1 Å². The molecule has 1 unspecified atom stereocenters. The summed E-state index contributed by atoms with van der Waals surface area (Å²) in [7, 11) is 0. The van der Waals surface area contributed by atoms with Crippen molar-refractivity contribution >= 4 is 30.1 Å². The molecule has 1 rings (SSSR count). The normalized spacial score (nSPS) is 11.2. The molecule has 1 aromatic heterocycles. The lowest BCUT2D eigenvalue weighted by molar-refractivity contribution is -0.117. The van der Waals surface area contributed by atoms with Crippen LogP contribution in [0, 0.1) is 0 Å². The summed E-state index contributed by atoms with van der Waals surface area (Å²) in [6, 6.07) is 5.44. The first-order valence-corrected chi connectivity index (χ1v) is 5.23. The van der Waals surface area contributed by atoms with Crippen molar-refractivity contribution < 1.29 is 4.79 Å². The second kappa shape index (κ2) is 7.31. The second-order valence-electron chi connectivity index (χ2n) is 2.66. The minimum Gasteiger partial charge on any atom is -0.368 e. The third-order valence-corrected chi connectivity index (χ3v) is 2.83. The number of carbonyl (C=O) groups is 1. The van der Waals surface area contributed by atoms with Crippen molar-refractivity contribution in [2.24, 2.45) is 5.73 Å². The van der Waals surface area contributed by atoms with E-state index in [9.17, 15) is 4.79 Å². The van der Waals surface area contributed by atoms with Crippen molar-refractivity contribution in [3.8, 4) is 0 Å². The molecular weight excluding hydrogens is 232 g/mol. The average Bonchev–Trinajstić information content (AvgIpc) is 2.19. The molecule has 0 aliphatic heterocycles. The molecule has 82 valence electrons. The quantitative estimate of drug-likeness (QED) is 0.806. The summed E-state index contributed by atoms with van der Waals surface area (Å²) in [6.07, 6.45) is 3.39. The van der Waals surface area contributed by atoms with Gasteiger partial charge in [0.25, 0.3) is 0 Å². The Hall–Kier alpha value is -1.00. The van der Waals surface area contributed by atoms with Gasteiger partial charge in [0.15, 0.2) is 0 Å². The number of rotatable bonds is 5. The largest absolute Gasteiger partial charge is 0.368 e. The van der Waals surface area contributed by atoms with Gasteiger partial charge in [0.1, 0.15) is 5.25 Å². The zero-order valence-corrected chi connectivity index (χ0v) is 9.76. The van der Waals surface area contributed by atoms with Crippen LogP contribution in [0.15, 0.2) is 37.1 Å². The molecule has 0 saturated carbocycles. The van der Waals surface area contributed by atoms with Crippen molar-refractivity contribution in [2.45, 2.75) is 5.25 Å². The number of hydrogen-bond acceptors (Lipinski definition) is 3. The zero-order valence-electron chi connectivity index (χ0n) is 8.13. The number of amides is 1. The van der Waals surface area contributed by atoms with Gasteiger partial charge in [-0.3, -0.25) is 9.78 Å². The van der Waals surface area contributed by atoms with E-state index in [1.807, 2.05) is 6.07 Å². The van der Waals surface area contributed by atoms with Gasteiger partial charge in [0.05, 0.1) is 5.69 Å². The molecule has 0 fully saturated rings. The van der Waals surface area contributed by atoms with Gasteiger partial charge >= 0.3 is 0 Å². The van der Waals surface area contributed by atoms with Gasteiger partial charge in [-0.25, -0.2) is 0 Å². The van der Waals surface area contributed by atoms with Crippen LogP contribution in [-0.4, -0.2) is 16.6 Å². The molecule has 1 heterocycles. The third kappa shape index (κ3) is 4.36. The van der Waals surface area contributed by atoms with E-state index in [1.165, 1.54) is 11.8 Å². The smallest absolute Gasteiger partial charge is 0.236 e. The number of carbonyl (C=O) groups excluding carboxylic acids is 1. The van der Waals surface area contributed by atoms with Gasteiger partial charge in [-0.05, 0) is 12.1 Å². The van der Waals surface area contributed by atoms with E-state index in [-0.39, 0.29) is 23.6 Å². The van der Waals surface area contributed by atoms with Crippen LogP contribution in [0.25, 0.3) is 0 Å². The fourth-order valence-corrected chi connectivity index (χ4v) is 1.81. The van der Waals surface area contributed by atoms with Crippen LogP contribution < -0.4 is 5.73 Å². The lowest BCUT2D eigenvalue weighted by atomic mass is 10.2. The molecule has 1 atom stereocenters. The van der Waals surface area contributed by atoms with Crippen molar-refractivity contribution in [3.63, 3.8) is 0 Å². The van der Waals surface area contributed by atoms with Gasteiger partial charge < -0.3 is 5.73 Å². The lowest BCUT2D eigenvalue weighted by Gasteiger charge is -2.10. The van der Waals surface area contributed by atoms with Gasteiger partial charge in [-0.2, -0.15) is 0 Å². The van der Waals surface area contributed by atoms with Crippen LogP contribution in [0.3, 0.4) is 0 Å². The minimum absolute atomic E-state index is 0. The molecule has 3 nitrogen and oxygen atoms in total. The Morgan fingerprint density at radius 3 is 2.87 bits per heavy atom. The highest BCUT2D eigenvalue weighted by atomic mass is 35.5. The molecule has 0 bridgehead atoms. The summed E-state index contributed by atoms with van der Waals surface area (Å²) >= 11 is 1.43. The Bertz CT molecular complexity index is 318.